The van der Waals surface area contributed by atoms with Crippen molar-refractivity contribution in [3.05, 3.63) is 83.5 Å². The second kappa shape index (κ2) is 8.42. The minimum atomic E-state index is -0.356. The Kier molecular flexibility index (Phi) is 5.98. The SMILES string of the molecule is [CH2]CCc1ccc(C(=O)c2c(CC)cc3cc(C(=O)OC(C)C)ccn23)cc1. The molecule has 3 aromatic rings. The fraction of sp³-hybridized carbons (Fsp3) is 0.292. The number of rotatable bonds is 7. The van der Waals surface area contributed by atoms with Crippen molar-refractivity contribution in [3.8, 4) is 0 Å². The summed E-state index contributed by atoms with van der Waals surface area (Å²) in [5.74, 6) is -0.374. The van der Waals surface area contributed by atoms with Crippen LogP contribution in [0.5, 0.6) is 0 Å². The molecule has 28 heavy (non-hydrogen) atoms. The third-order valence-electron chi connectivity index (χ3n) is 4.71. The van der Waals surface area contributed by atoms with E-state index < -0.39 is 0 Å². The Morgan fingerprint density at radius 3 is 2.39 bits per heavy atom. The maximum absolute atomic E-state index is 13.2. The van der Waals surface area contributed by atoms with E-state index in [-0.39, 0.29) is 17.9 Å². The number of carbonyl (C=O) groups is 2. The lowest BCUT2D eigenvalue weighted by molar-refractivity contribution is 0.0378. The molecule has 2 heterocycles. The Morgan fingerprint density at radius 2 is 1.79 bits per heavy atom. The topological polar surface area (TPSA) is 47.8 Å². The fourth-order valence-corrected chi connectivity index (χ4v) is 3.33. The molecule has 4 nitrogen and oxygen atoms in total. The van der Waals surface area contributed by atoms with E-state index in [1.807, 2.05) is 55.5 Å². The van der Waals surface area contributed by atoms with E-state index in [2.05, 4.69) is 6.92 Å². The molecule has 0 atom stereocenters. The first-order valence-corrected chi connectivity index (χ1v) is 9.72. The lowest BCUT2D eigenvalue weighted by Gasteiger charge is -2.09. The van der Waals surface area contributed by atoms with Crippen LogP contribution in [0.1, 0.15) is 64.7 Å². The zero-order valence-corrected chi connectivity index (χ0v) is 16.7. The van der Waals surface area contributed by atoms with Crippen molar-refractivity contribution in [3.63, 3.8) is 0 Å². The predicted octanol–water partition coefficient (Wildman–Crippen LogP) is 5.06. The number of hydrogen-bond donors (Lipinski definition) is 0. The lowest BCUT2D eigenvalue weighted by Crippen LogP contribution is -2.12. The van der Waals surface area contributed by atoms with Crippen LogP contribution in [0.15, 0.2) is 48.7 Å². The Bertz CT molecular complexity index is 997. The van der Waals surface area contributed by atoms with Crippen LogP contribution in [-0.4, -0.2) is 22.3 Å². The normalized spacial score (nSPS) is 11.2. The highest BCUT2D eigenvalue weighted by molar-refractivity contribution is 6.09. The van der Waals surface area contributed by atoms with Crippen molar-refractivity contribution < 1.29 is 14.3 Å². The predicted molar refractivity (Wildman–Crippen MR) is 111 cm³/mol. The van der Waals surface area contributed by atoms with Gasteiger partial charge >= 0.3 is 5.97 Å². The molecule has 0 aliphatic carbocycles. The van der Waals surface area contributed by atoms with Crippen molar-refractivity contribution >= 4 is 17.3 Å². The average Bonchev–Trinajstić information content (AvgIpc) is 3.05. The number of esters is 1. The summed E-state index contributed by atoms with van der Waals surface area (Å²) in [5, 5.41) is 0. The van der Waals surface area contributed by atoms with Gasteiger partial charge < -0.3 is 9.14 Å². The summed E-state index contributed by atoms with van der Waals surface area (Å²) in [6, 6.07) is 13.2. The van der Waals surface area contributed by atoms with Crippen molar-refractivity contribution in [1.29, 1.82) is 0 Å². The van der Waals surface area contributed by atoms with Gasteiger partial charge in [0.25, 0.3) is 0 Å². The summed E-state index contributed by atoms with van der Waals surface area (Å²) >= 11 is 0. The molecule has 1 radical (unpaired) electrons. The van der Waals surface area contributed by atoms with Gasteiger partial charge in [-0.05, 0) is 62.4 Å². The summed E-state index contributed by atoms with van der Waals surface area (Å²) < 4.78 is 7.14. The Balaban J connectivity index is 2.00. The van der Waals surface area contributed by atoms with E-state index in [0.29, 0.717) is 16.8 Å². The van der Waals surface area contributed by atoms with Crippen molar-refractivity contribution in [2.75, 3.05) is 0 Å². The Morgan fingerprint density at radius 1 is 1.07 bits per heavy atom. The molecule has 0 aliphatic heterocycles. The quantitative estimate of drug-likeness (QED) is 0.427. The van der Waals surface area contributed by atoms with Gasteiger partial charge in [-0.1, -0.05) is 38.1 Å². The molecule has 0 N–H and O–H groups in total. The molecule has 4 heteroatoms. The van der Waals surface area contributed by atoms with Gasteiger partial charge in [0, 0.05) is 17.3 Å². The van der Waals surface area contributed by atoms with Gasteiger partial charge in [0.1, 0.15) is 0 Å². The third kappa shape index (κ3) is 4.01. The van der Waals surface area contributed by atoms with Gasteiger partial charge in [-0.2, -0.15) is 0 Å². The molecule has 0 unspecified atom stereocenters. The molecule has 0 bridgehead atoms. The smallest absolute Gasteiger partial charge is 0.338 e. The van der Waals surface area contributed by atoms with Crippen molar-refractivity contribution in [2.45, 2.75) is 46.1 Å². The number of aromatic nitrogens is 1. The Labute approximate surface area is 166 Å². The van der Waals surface area contributed by atoms with E-state index >= 15 is 0 Å². The number of benzene rings is 1. The first kappa shape index (κ1) is 19.9. The van der Waals surface area contributed by atoms with Gasteiger partial charge in [0.2, 0.25) is 5.78 Å². The van der Waals surface area contributed by atoms with Crippen molar-refractivity contribution in [2.24, 2.45) is 0 Å². The zero-order chi connectivity index (χ0) is 20.3. The molecule has 0 amide bonds. The monoisotopic (exact) mass is 376 g/mol. The number of ether oxygens (including phenoxy) is 1. The average molecular weight is 376 g/mol. The number of fused-ring (bicyclic) bond motifs is 1. The van der Waals surface area contributed by atoms with Crippen LogP contribution in [-0.2, 0) is 17.6 Å². The molecule has 0 fully saturated rings. The zero-order valence-electron chi connectivity index (χ0n) is 16.7. The van der Waals surface area contributed by atoms with Crippen LogP contribution in [0.4, 0.5) is 0 Å². The lowest BCUT2D eigenvalue weighted by atomic mass is 10.0. The molecule has 3 rings (SSSR count). The minimum Gasteiger partial charge on any atom is -0.459 e. The van der Waals surface area contributed by atoms with E-state index in [1.54, 1.807) is 18.3 Å². The van der Waals surface area contributed by atoms with E-state index in [1.165, 1.54) is 5.56 Å². The van der Waals surface area contributed by atoms with Crippen LogP contribution < -0.4 is 0 Å². The van der Waals surface area contributed by atoms with Gasteiger partial charge in [-0.25, -0.2) is 4.79 Å². The number of aryl methyl sites for hydroxylation is 2. The van der Waals surface area contributed by atoms with E-state index in [4.69, 9.17) is 4.74 Å². The molecule has 0 saturated carbocycles. The number of carbonyl (C=O) groups excluding carboxylic acids is 2. The summed E-state index contributed by atoms with van der Waals surface area (Å²) in [4.78, 5) is 25.4. The Hall–Kier alpha value is -2.88. The number of ketones is 1. The standard InChI is InChI=1S/C24H26NO3/c1-5-7-17-8-10-19(11-9-17)23(26)22-18(6-2)14-21-15-20(12-13-25(21)22)24(27)28-16(3)4/h8-16H,1,5-7H2,2-4H3. The summed E-state index contributed by atoms with van der Waals surface area (Å²) in [6.07, 6.45) is 4.06. The maximum atomic E-state index is 13.2. The van der Waals surface area contributed by atoms with Crippen LogP contribution in [0, 0.1) is 6.92 Å². The second-order valence-electron chi connectivity index (χ2n) is 7.17. The molecule has 145 valence electrons. The second-order valence-corrected chi connectivity index (χ2v) is 7.17. The van der Waals surface area contributed by atoms with Crippen LogP contribution in [0.25, 0.3) is 5.52 Å². The van der Waals surface area contributed by atoms with Crippen LogP contribution in [0.3, 0.4) is 0 Å². The first-order valence-electron chi connectivity index (χ1n) is 9.72. The molecule has 0 aliphatic rings. The van der Waals surface area contributed by atoms with Gasteiger partial charge in [-0.3, -0.25) is 4.79 Å². The molecular formula is C24H26NO3. The summed E-state index contributed by atoms with van der Waals surface area (Å²) in [6.45, 7) is 9.54. The highest BCUT2D eigenvalue weighted by Gasteiger charge is 2.19. The van der Waals surface area contributed by atoms with Crippen LogP contribution in [0.2, 0.25) is 0 Å². The number of pyridine rings is 1. The summed E-state index contributed by atoms with van der Waals surface area (Å²) in [5.41, 5.74) is 4.73. The van der Waals surface area contributed by atoms with Crippen molar-refractivity contribution in [1.82, 2.24) is 4.40 Å². The fourth-order valence-electron chi connectivity index (χ4n) is 3.33. The molecule has 1 aromatic carbocycles. The highest BCUT2D eigenvalue weighted by Crippen LogP contribution is 2.23. The molecule has 2 aromatic heterocycles. The number of nitrogens with zero attached hydrogens (tertiary/aromatic N) is 1. The third-order valence-corrected chi connectivity index (χ3v) is 4.71. The van der Waals surface area contributed by atoms with Gasteiger partial charge in [0.05, 0.1) is 17.4 Å². The number of hydrogen-bond acceptors (Lipinski definition) is 3. The highest BCUT2D eigenvalue weighted by atomic mass is 16.5. The first-order chi connectivity index (χ1) is 13.4. The minimum absolute atomic E-state index is 0.0180. The molecule has 0 saturated heterocycles. The largest absolute Gasteiger partial charge is 0.459 e. The van der Waals surface area contributed by atoms with Crippen LogP contribution >= 0.6 is 0 Å². The molecular weight excluding hydrogens is 350 g/mol. The summed E-state index contributed by atoms with van der Waals surface area (Å²) in [7, 11) is 0. The van der Waals surface area contributed by atoms with E-state index in [9.17, 15) is 9.59 Å². The maximum Gasteiger partial charge on any atom is 0.338 e. The molecule has 0 spiro atoms. The van der Waals surface area contributed by atoms with Gasteiger partial charge in [-0.15, -0.1) is 0 Å². The van der Waals surface area contributed by atoms with Gasteiger partial charge in [0.15, 0.2) is 0 Å². The van der Waals surface area contributed by atoms with E-state index in [0.717, 1.165) is 30.3 Å².